The van der Waals surface area contributed by atoms with Crippen LogP contribution >= 0.6 is 0 Å². The van der Waals surface area contributed by atoms with Crippen LogP contribution in [0.4, 0.5) is 0 Å². The van der Waals surface area contributed by atoms with E-state index < -0.39 is 9.84 Å². The van der Waals surface area contributed by atoms with E-state index in [4.69, 9.17) is 0 Å². The molecule has 2 rings (SSSR count). The molecule has 0 N–H and O–H groups in total. The lowest BCUT2D eigenvalue weighted by atomic mass is 9.94. The van der Waals surface area contributed by atoms with Gasteiger partial charge in [-0.1, -0.05) is 27.7 Å². The molecule has 2 aliphatic heterocycles. The molecule has 138 valence electrons. The van der Waals surface area contributed by atoms with Crippen LogP contribution in [-0.4, -0.2) is 68.9 Å². The summed E-state index contributed by atoms with van der Waals surface area (Å²) in [6.07, 6.45) is 4.35. The molecule has 0 aliphatic carbocycles. The molecule has 0 bridgehead atoms. The van der Waals surface area contributed by atoms with Gasteiger partial charge in [-0.15, -0.1) is 0 Å². The molecule has 23 heavy (non-hydrogen) atoms. The van der Waals surface area contributed by atoms with Crippen molar-refractivity contribution in [3.8, 4) is 0 Å². The highest BCUT2D eigenvalue weighted by Crippen LogP contribution is 2.23. The van der Waals surface area contributed by atoms with E-state index in [1.54, 1.807) is 0 Å². The number of nitrogens with zero attached hydrogens (tertiary/aromatic N) is 2. The van der Waals surface area contributed by atoms with Gasteiger partial charge < -0.3 is 9.80 Å². The zero-order valence-corrected chi connectivity index (χ0v) is 16.7. The number of amides is 1. The van der Waals surface area contributed by atoms with Crippen molar-refractivity contribution in [1.29, 1.82) is 0 Å². The SMILES string of the molecule is CC.CC.CN1CCC(C(=O)N2CCC(S(C)(=O)=O)CC2)CC1. The molecule has 0 spiro atoms. The van der Waals surface area contributed by atoms with E-state index in [9.17, 15) is 13.2 Å². The molecule has 5 nitrogen and oxygen atoms in total. The fourth-order valence-corrected chi connectivity index (χ4v) is 4.09. The predicted octanol–water partition coefficient (Wildman–Crippen LogP) is 2.42. The van der Waals surface area contributed by atoms with E-state index in [2.05, 4.69) is 11.9 Å². The highest BCUT2D eigenvalue weighted by Gasteiger charge is 2.32. The first kappa shape index (κ1) is 22.4. The number of carbonyl (C=O) groups is 1. The van der Waals surface area contributed by atoms with Crippen molar-refractivity contribution in [2.45, 2.75) is 58.6 Å². The molecule has 0 unspecified atom stereocenters. The zero-order chi connectivity index (χ0) is 18.0. The zero-order valence-electron chi connectivity index (χ0n) is 15.8. The van der Waals surface area contributed by atoms with Gasteiger partial charge >= 0.3 is 0 Å². The van der Waals surface area contributed by atoms with E-state index in [0.29, 0.717) is 25.9 Å². The molecule has 6 heteroatoms. The predicted molar refractivity (Wildman–Crippen MR) is 97.4 cm³/mol. The molecule has 0 aromatic heterocycles. The maximum atomic E-state index is 12.4. The summed E-state index contributed by atoms with van der Waals surface area (Å²) in [5.74, 6) is 0.381. The second-order valence-electron chi connectivity index (χ2n) is 5.93. The Bertz CT molecular complexity index is 421. The van der Waals surface area contributed by atoms with Crippen LogP contribution in [0.5, 0.6) is 0 Å². The molecule has 0 aromatic rings. The Morgan fingerprint density at radius 3 is 1.70 bits per heavy atom. The van der Waals surface area contributed by atoms with E-state index in [1.165, 1.54) is 6.26 Å². The number of sulfone groups is 1. The highest BCUT2D eigenvalue weighted by molar-refractivity contribution is 7.91. The Morgan fingerprint density at radius 1 is 0.870 bits per heavy atom. The van der Waals surface area contributed by atoms with Crippen LogP contribution in [0.2, 0.25) is 0 Å². The van der Waals surface area contributed by atoms with Gasteiger partial charge in [0.1, 0.15) is 9.84 Å². The third-order valence-electron chi connectivity index (χ3n) is 4.43. The molecule has 1 amide bonds. The minimum atomic E-state index is -2.95. The monoisotopic (exact) mass is 348 g/mol. The van der Waals surface area contributed by atoms with Gasteiger partial charge in [0.05, 0.1) is 5.25 Å². The summed E-state index contributed by atoms with van der Waals surface area (Å²) in [6, 6.07) is 0. The van der Waals surface area contributed by atoms with Gasteiger partial charge in [-0.2, -0.15) is 0 Å². The normalized spacial score (nSPS) is 20.9. The van der Waals surface area contributed by atoms with Crippen molar-refractivity contribution in [1.82, 2.24) is 9.80 Å². The van der Waals surface area contributed by atoms with Gasteiger partial charge in [-0.05, 0) is 45.8 Å². The van der Waals surface area contributed by atoms with Gasteiger partial charge in [0.2, 0.25) is 5.91 Å². The number of hydrogen-bond donors (Lipinski definition) is 0. The van der Waals surface area contributed by atoms with Crippen molar-refractivity contribution in [3.05, 3.63) is 0 Å². The van der Waals surface area contributed by atoms with Crippen LogP contribution in [0.15, 0.2) is 0 Å². The van der Waals surface area contributed by atoms with Crippen molar-refractivity contribution < 1.29 is 13.2 Å². The molecule has 2 aliphatic rings. The van der Waals surface area contributed by atoms with Crippen LogP contribution in [0.3, 0.4) is 0 Å². The van der Waals surface area contributed by atoms with Gasteiger partial charge in [-0.3, -0.25) is 4.79 Å². The molecule has 0 atom stereocenters. The van der Waals surface area contributed by atoms with E-state index in [-0.39, 0.29) is 17.1 Å². The minimum Gasteiger partial charge on any atom is -0.342 e. The first-order valence-corrected chi connectivity index (χ1v) is 11.0. The minimum absolute atomic E-state index is 0.144. The van der Waals surface area contributed by atoms with E-state index >= 15 is 0 Å². The number of piperidine rings is 2. The van der Waals surface area contributed by atoms with Crippen molar-refractivity contribution >= 4 is 15.7 Å². The van der Waals surface area contributed by atoms with Crippen LogP contribution in [0, 0.1) is 5.92 Å². The average molecular weight is 349 g/mol. The maximum Gasteiger partial charge on any atom is 0.225 e. The summed E-state index contributed by atoms with van der Waals surface area (Å²) < 4.78 is 23.0. The smallest absolute Gasteiger partial charge is 0.225 e. The summed E-state index contributed by atoms with van der Waals surface area (Å²) in [6.45, 7) is 11.2. The van der Waals surface area contributed by atoms with E-state index in [0.717, 1.165) is 25.9 Å². The lowest BCUT2D eigenvalue weighted by Gasteiger charge is -2.36. The van der Waals surface area contributed by atoms with Crippen LogP contribution in [0.1, 0.15) is 53.4 Å². The van der Waals surface area contributed by atoms with Crippen molar-refractivity contribution in [3.63, 3.8) is 0 Å². The highest BCUT2D eigenvalue weighted by atomic mass is 32.2. The number of carbonyl (C=O) groups excluding carboxylic acids is 1. The summed E-state index contributed by atoms with van der Waals surface area (Å²) in [5.41, 5.74) is 0. The van der Waals surface area contributed by atoms with Gasteiger partial charge in [-0.25, -0.2) is 8.42 Å². The van der Waals surface area contributed by atoms with Gasteiger partial charge in [0.25, 0.3) is 0 Å². The molecule has 0 radical (unpaired) electrons. The van der Waals surface area contributed by atoms with Crippen LogP contribution < -0.4 is 0 Å². The largest absolute Gasteiger partial charge is 0.342 e. The Morgan fingerprint density at radius 2 is 1.30 bits per heavy atom. The number of likely N-dealkylation sites (tertiary alicyclic amines) is 2. The topological polar surface area (TPSA) is 57.7 Å². The van der Waals surface area contributed by atoms with Crippen LogP contribution in [-0.2, 0) is 14.6 Å². The van der Waals surface area contributed by atoms with Crippen molar-refractivity contribution in [2.75, 3.05) is 39.5 Å². The van der Waals surface area contributed by atoms with Gasteiger partial charge in [0, 0.05) is 25.3 Å². The molecule has 2 fully saturated rings. The lowest BCUT2D eigenvalue weighted by Crippen LogP contribution is -2.46. The van der Waals surface area contributed by atoms with Gasteiger partial charge in [0.15, 0.2) is 0 Å². The van der Waals surface area contributed by atoms with E-state index in [1.807, 2.05) is 32.6 Å². The standard InChI is InChI=1S/C13H24N2O3S.2C2H6/c1-14-7-3-11(4-8-14)13(16)15-9-5-12(6-10-15)19(2,17)18;2*1-2/h11-12H,3-10H2,1-2H3;2*1-2H3. The third-order valence-corrected chi connectivity index (χ3v) is 6.11. The summed E-state index contributed by atoms with van der Waals surface area (Å²) in [7, 11) is -0.870. The fourth-order valence-electron chi connectivity index (χ4n) is 3.02. The molecule has 0 aromatic carbocycles. The lowest BCUT2D eigenvalue weighted by molar-refractivity contribution is -0.137. The first-order valence-electron chi connectivity index (χ1n) is 9.04. The second-order valence-corrected chi connectivity index (χ2v) is 8.26. The number of rotatable bonds is 2. The third kappa shape index (κ3) is 7.21. The summed E-state index contributed by atoms with van der Waals surface area (Å²) >= 11 is 0. The first-order chi connectivity index (χ1) is 10.9. The Labute approximate surface area is 143 Å². The molecule has 2 heterocycles. The average Bonchev–Trinajstić information content (AvgIpc) is 2.58. The molecular weight excluding hydrogens is 312 g/mol. The molecular formula is C17H36N2O3S. The number of hydrogen-bond acceptors (Lipinski definition) is 4. The Kier molecular flexibility index (Phi) is 10.7. The maximum absolute atomic E-state index is 12.4. The summed E-state index contributed by atoms with van der Waals surface area (Å²) in [4.78, 5) is 16.5. The summed E-state index contributed by atoms with van der Waals surface area (Å²) in [5, 5.41) is -0.256. The fraction of sp³-hybridized carbons (Fsp3) is 0.941. The molecule has 2 saturated heterocycles. The Balaban J connectivity index is 0.00000112. The molecule has 0 saturated carbocycles. The quantitative estimate of drug-likeness (QED) is 0.769. The Hall–Kier alpha value is -0.620. The second kappa shape index (κ2) is 11.0. The van der Waals surface area contributed by atoms with Crippen molar-refractivity contribution in [2.24, 2.45) is 5.92 Å². The van der Waals surface area contributed by atoms with Crippen LogP contribution in [0.25, 0.3) is 0 Å².